The largest absolute Gasteiger partial charge is 0.480 e. The zero-order chi connectivity index (χ0) is 14.7. The summed E-state index contributed by atoms with van der Waals surface area (Å²) >= 11 is 1.18. The number of carbonyl (C=O) groups excluding carboxylic acids is 2. The molecule has 8 heteroatoms. The van der Waals surface area contributed by atoms with Crippen LogP contribution in [0.25, 0.3) is 0 Å². The number of hydrogen-bond donors (Lipinski definition) is 3. The normalized spacial score (nSPS) is 13.4. The van der Waals surface area contributed by atoms with Gasteiger partial charge in [0.1, 0.15) is 6.04 Å². The molecule has 0 saturated heterocycles. The van der Waals surface area contributed by atoms with E-state index in [0.717, 1.165) is 6.42 Å². The molecule has 2 atom stereocenters. The number of nitrogens with one attached hydrogen (secondary N) is 2. The summed E-state index contributed by atoms with van der Waals surface area (Å²) in [6.07, 6.45) is 1.07. The van der Waals surface area contributed by atoms with Crippen LogP contribution in [-0.2, 0) is 19.1 Å². The molecule has 0 spiro atoms. The number of rotatable bonds is 11. The Kier molecular flexibility index (Phi) is 9.91. The van der Waals surface area contributed by atoms with E-state index >= 15 is 0 Å². The summed E-state index contributed by atoms with van der Waals surface area (Å²) in [5.74, 6) is -1.13. The zero-order valence-electron chi connectivity index (χ0n) is 11.0. The maximum atomic E-state index is 11.6. The molecule has 0 aromatic heterocycles. The van der Waals surface area contributed by atoms with Gasteiger partial charge >= 0.3 is 5.97 Å². The van der Waals surface area contributed by atoms with Crippen LogP contribution in [0.15, 0.2) is 0 Å². The van der Waals surface area contributed by atoms with E-state index in [0.29, 0.717) is 19.6 Å². The molecule has 2 unspecified atom stereocenters. The van der Waals surface area contributed by atoms with Crippen LogP contribution in [0, 0.1) is 0 Å². The van der Waals surface area contributed by atoms with E-state index in [-0.39, 0.29) is 16.9 Å². The van der Waals surface area contributed by atoms with E-state index in [4.69, 9.17) is 9.84 Å². The predicted molar refractivity (Wildman–Crippen MR) is 72.0 cm³/mol. The molecule has 0 rings (SSSR count). The standard InChI is InChI=1S/C11H20N2O5S/c1-8(10(15)12-4-3-5-18-2)19-6-9(11(16)17)13-7-14/h7-9H,3-6H2,1-2H3,(H,12,15)(H,13,14)(H,16,17). The van der Waals surface area contributed by atoms with Crippen LogP contribution >= 0.6 is 11.8 Å². The van der Waals surface area contributed by atoms with Crippen molar-refractivity contribution in [1.82, 2.24) is 10.6 Å². The minimum absolute atomic E-state index is 0.140. The SMILES string of the molecule is COCCCNC(=O)C(C)SCC(NC=O)C(=O)O. The van der Waals surface area contributed by atoms with E-state index in [1.165, 1.54) is 11.8 Å². The van der Waals surface area contributed by atoms with E-state index in [1.54, 1.807) is 14.0 Å². The van der Waals surface area contributed by atoms with Crippen LogP contribution in [0.2, 0.25) is 0 Å². The zero-order valence-corrected chi connectivity index (χ0v) is 11.9. The number of aliphatic carboxylic acids is 1. The van der Waals surface area contributed by atoms with E-state index in [1.807, 2.05) is 0 Å². The first-order chi connectivity index (χ1) is 9.02. The second-order valence-corrected chi connectivity index (χ2v) is 5.16. The van der Waals surface area contributed by atoms with Crippen molar-refractivity contribution < 1.29 is 24.2 Å². The van der Waals surface area contributed by atoms with Gasteiger partial charge in [-0.25, -0.2) is 4.79 Å². The number of thioether (sulfide) groups is 1. The molecule has 0 aliphatic heterocycles. The molecule has 110 valence electrons. The topological polar surface area (TPSA) is 105 Å². The minimum Gasteiger partial charge on any atom is -0.480 e. The van der Waals surface area contributed by atoms with Gasteiger partial charge in [-0.1, -0.05) is 0 Å². The van der Waals surface area contributed by atoms with Gasteiger partial charge in [0.25, 0.3) is 0 Å². The van der Waals surface area contributed by atoms with Crippen molar-refractivity contribution in [2.75, 3.05) is 26.0 Å². The van der Waals surface area contributed by atoms with Crippen molar-refractivity contribution in [3.8, 4) is 0 Å². The fourth-order valence-corrected chi connectivity index (χ4v) is 2.12. The number of amides is 2. The lowest BCUT2D eigenvalue weighted by Crippen LogP contribution is -2.39. The molecule has 0 saturated carbocycles. The van der Waals surface area contributed by atoms with Gasteiger partial charge in [-0.3, -0.25) is 9.59 Å². The summed E-state index contributed by atoms with van der Waals surface area (Å²) in [6, 6.07) is -0.980. The number of methoxy groups -OCH3 is 1. The molecule has 3 N–H and O–H groups in total. The molecule has 19 heavy (non-hydrogen) atoms. The van der Waals surface area contributed by atoms with E-state index < -0.39 is 12.0 Å². The Morgan fingerprint density at radius 2 is 2.16 bits per heavy atom. The summed E-state index contributed by atoms with van der Waals surface area (Å²) in [5.41, 5.74) is 0. The van der Waals surface area contributed by atoms with Crippen molar-refractivity contribution in [2.45, 2.75) is 24.6 Å². The molecule has 0 aliphatic carbocycles. The summed E-state index contributed by atoms with van der Waals surface area (Å²) in [7, 11) is 1.59. The first kappa shape index (κ1) is 17.7. The Morgan fingerprint density at radius 3 is 2.68 bits per heavy atom. The van der Waals surface area contributed by atoms with Gasteiger partial charge in [0.05, 0.1) is 5.25 Å². The number of carbonyl (C=O) groups is 3. The predicted octanol–water partition coefficient (Wildman–Crippen LogP) is -0.540. The van der Waals surface area contributed by atoms with Gasteiger partial charge < -0.3 is 20.5 Å². The highest BCUT2D eigenvalue weighted by molar-refractivity contribution is 8.00. The van der Waals surface area contributed by atoms with Gasteiger partial charge in [-0.05, 0) is 13.3 Å². The Bertz CT molecular complexity index is 301. The average Bonchev–Trinajstić information content (AvgIpc) is 2.38. The molecule has 0 aliphatic rings. The third-order valence-corrected chi connectivity index (χ3v) is 3.51. The van der Waals surface area contributed by atoms with Crippen LogP contribution in [0.5, 0.6) is 0 Å². The molecule has 0 aromatic rings. The maximum absolute atomic E-state index is 11.6. The molecule has 2 amide bonds. The van der Waals surface area contributed by atoms with Gasteiger partial charge in [0.2, 0.25) is 12.3 Å². The summed E-state index contributed by atoms with van der Waals surface area (Å²) in [6.45, 7) is 2.79. The van der Waals surface area contributed by atoms with Crippen LogP contribution in [-0.4, -0.2) is 60.7 Å². The van der Waals surface area contributed by atoms with Crippen molar-refractivity contribution >= 4 is 30.0 Å². The first-order valence-electron chi connectivity index (χ1n) is 5.83. The van der Waals surface area contributed by atoms with Gasteiger partial charge in [-0.2, -0.15) is 0 Å². The fraction of sp³-hybridized carbons (Fsp3) is 0.727. The third-order valence-electron chi connectivity index (χ3n) is 2.27. The van der Waals surface area contributed by atoms with Crippen molar-refractivity contribution in [3.63, 3.8) is 0 Å². The second-order valence-electron chi connectivity index (χ2n) is 3.79. The Morgan fingerprint density at radius 1 is 1.47 bits per heavy atom. The van der Waals surface area contributed by atoms with Crippen LogP contribution < -0.4 is 10.6 Å². The summed E-state index contributed by atoms with van der Waals surface area (Å²) in [4.78, 5) is 32.6. The number of hydrogen-bond acceptors (Lipinski definition) is 5. The summed E-state index contributed by atoms with van der Waals surface area (Å²) < 4.78 is 4.85. The Hall–Kier alpha value is -1.28. The highest BCUT2D eigenvalue weighted by Gasteiger charge is 2.20. The smallest absolute Gasteiger partial charge is 0.327 e. The maximum Gasteiger partial charge on any atom is 0.327 e. The third kappa shape index (κ3) is 8.44. The number of ether oxygens (including phenoxy) is 1. The van der Waals surface area contributed by atoms with Crippen LogP contribution in [0.1, 0.15) is 13.3 Å². The molecule has 0 radical (unpaired) electrons. The van der Waals surface area contributed by atoms with Gasteiger partial charge in [-0.15, -0.1) is 11.8 Å². The van der Waals surface area contributed by atoms with Crippen molar-refractivity contribution in [1.29, 1.82) is 0 Å². The van der Waals surface area contributed by atoms with Crippen LogP contribution in [0.4, 0.5) is 0 Å². The fourth-order valence-electron chi connectivity index (χ4n) is 1.16. The monoisotopic (exact) mass is 292 g/mol. The second kappa shape index (κ2) is 10.6. The Balaban J connectivity index is 3.93. The molecule has 7 nitrogen and oxygen atoms in total. The van der Waals surface area contributed by atoms with Crippen molar-refractivity contribution in [3.05, 3.63) is 0 Å². The lowest BCUT2D eigenvalue weighted by molar-refractivity contribution is -0.139. The lowest BCUT2D eigenvalue weighted by Gasteiger charge is -2.15. The number of carboxylic acid groups (broad SMARTS) is 1. The molecule has 0 aromatic carbocycles. The highest BCUT2D eigenvalue weighted by atomic mass is 32.2. The van der Waals surface area contributed by atoms with Gasteiger partial charge in [0.15, 0.2) is 0 Å². The Labute approximate surface area is 116 Å². The molecule has 0 bridgehead atoms. The van der Waals surface area contributed by atoms with E-state index in [2.05, 4.69) is 10.6 Å². The highest BCUT2D eigenvalue weighted by Crippen LogP contribution is 2.12. The quantitative estimate of drug-likeness (QED) is 0.349. The number of carboxylic acids is 1. The lowest BCUT2D eigenvalue weighted by atomic mass is 10.3. The molecule has 0 fully saturated rings. The van der Waals surface area contributed by atoms with Crippen LogP contribution in [0.3, 0.4) is 0 Å². The average molecular weight is 292 g/mol. The molecule has 0 heterocycles. The first-order valence-corrected chi connectivity index (χ1v) is 6.88. The van der Waals surface area contributed by atoms with E-state index in [9.17, 15) is 14.4 Å². The summed E-state index contributed by atoms with van der Waals surface area (Å²) in [5, 5.41) is 13.3. The van der Waals surface area contributed by atoms with Gasteiger partial charge in [0, 0.05) is 26.0 Å². The van der Waals surface area contributed by atoms with Crippen molar-refractivity contribution in [2.24, 2.45) is 0 Å². The molecular weight excluding hydrogens is 272 g/mol. The molecular formula is C11H20N2O5S. The minimum atomic E-state index is -1.12.